The fourth-order valence-corrected chi connectivity index (χ4v) is 1.91. The molecule has 6 nitrogen and oxygen atoms in total. The Labute approximate surface area is 125 Å². The maximum Gasteiger partial charge on any atom is 0.323 e. The molecule has 0 fully saturated rings. The van der Waals surface area contributed by atoms with Gasteiger partial charge in [-0.2, -0.15) is 0 Å². The largest absolute Gasteiger partial charge is 0.508 e. The van der Waals surface area contributed by atoms with E-state index in [1.807, 2.05) is 0 Å². The highest BCUT2D eigenvalue weighted by molar-refractivity contribution is 6.34. The number of carboxylic acids is 1. The summed E-state index contributed by atoms with van der Waals surface area (Å²) in [6.07, 6.45) is 2.71. The van der Waals surface area contributed by atoms with Crippen molar-refractivity contribution in [3.63, 3.8) is 0 Å². The summed E-state index contributed by atoms with van der Waals surface area (Å²) >= 11 is 5.94. The SMILES string of the molecule is O=C(O)CN(C(=O)c1cnccc1Cl)c1ccc(O)cc1. The minimum absolute atomic E-state index is 0.0147. The number of pyridine rings is 1. The number of rotatable bonds is 4. The second kappa shape index (κ2) is 6.23. The standard InChI is InChI=1S/C14H11ClN2O4/c15-12-5-6-16-7-11(12)14(21)17(8-13(19)20)9-1-3-10(18)4-2-9/h1-7,18H,8H2,(H,19,20). The highest BCUT2D eigenvalue weighted by Gasteiger charge is 2.22. The first-order chi connectivity index (χ1) is 9.99. The van der Waals surface area contributed by atoms with E-state index >= 15 is 0 Å². The fourth-order valence-electron chi connectivity index (χ4n) is 1.73. The van der Waals surface area contributed by atoms with Gasteiger partial charge >= 0.3 is 5.97 Å². The van der Waals surface area contributed by atoms with E-state index in [4.69, 9.17) is 16.7 Å². The second-order valence-corrected chi connectivity index (χ2v) is 4.56. The van der Waals surface area contributed by atoms with E-state index in [9.17, 15) is 14.7 Å². The van der Waals surface area contributed by atoms with Gasteiger partial charge in [-0.3, -0.25) is 19.5 Å². The van der Waals surface area contributed by atoms with Crippen LogP contribution in [0.5, 0.6) is 5.75 Å². The Morgan fingerprint density at radius 3 is 2.43 bits per heavy atom. The number of carboxylic acid groups (broad SMARTS) is 1. The Balaban J connectivity index is 2.40. The van der Waals surface area contributed by atoms with Gasteiger partial charge in [0.2, 0.25) is 0 Å². The molecule has 0 aliphatic heterocycles. The normalized spacial score (nSPS) is 10.1. The van der Waals surface area contributed by atoms with Crippen molar-refractivity contribution < 1.29 is 19.8 Å². The molecule has 0 aliphatic carbocycles. The summed E-state index contributed by atoms with van der Waals surface area (Å²) in [6, 6.07) is 7.07. The number of halogens is 1. The molecule has 0 saturated heterocycles. The maximum atomic E-state index is 12.5. The molecule has 1 aromatic heterocycles. The molecule has 0 radical (unpaired) electrons. The summed E-state index contributed by atoms with van der Waals surface area (Å²) in [5.74, 6) is -1.74. The number of carbonyl (C=O) groups excluding carboxylic acids is 1. The lowest BCUT2D eigenvalue weighted by Gasteiger charge is -2.21. The number of phenols is 1. The topological polar surface area (TPSA) is 90.7 Å². The molecule has 1 aromatic carbocycles. The molecular weight excluding hydrogens is 296 g/mol. The fraction of sp³-hybridized carbons (Fsp3) is 0.0714. The van der Waals surface area contributed by atoms with Crippen molar-refractivity contribution in [3.05, 3.63) is 53.3 Å². The summed E-state index contributed by atoms with van der Waals surface area (Å²) in [6.45, 7) is -0.533. The summed E-state index contributed by atoms with van der Waals surface area (Å²) in [5, 5.41) is 18.4. The zero-order valence-corrected chi connectivity index (χ0v) is 11.5. The van der Waals surface area contributed by atoms with Crippen LogP contribution >= 0.6 is 11.6 Å². The van der Waals surface area contributed by atoms with Crippen LogP contribution in [0.4, 0.5) is 5.69 Å². The Morgan fingerprint density at radius 2 is 1.86 bits per heavy atom. The van der Waals surface area contributed by atoms with E-state index in [0.29, 0.717) is 5.69 Å². The van der Waals surface area contributed by atoms with E-state index in [0.717, 1.165) is 4.90 Å². The average Bonchev–Trinajstić information content (AvgIpc) is 2.45. The third-order valence-electron chi connectivity index (χ3n) is 2.70. The Kier molecular flexibility index (Phi) is 4.39. The first-order valence-electron chi connectivity index (χ1n) is 5.91. The number of carbonyl (C=O) groups is 2. The molecule has 0 aliphatic rings. The quantitative estimate of drug-likeness (QED) is 0.903. The third-order valence-corrected chi connectivity index (χ3v) is 3.03. The molecule has 0 unspecified atom stereocenters. The summed E-state index contributed by atoms with van der Waals surface area (Å²) in [7, 11) is 0. The number of aromatic nitrogens is 1. The molecular formula is C14H11ClN2O4. The minimum Gasteiger partial charge on any atom is -0.508 e. The van der Waals surface area contributed by atoms with Crippen molar-refractivity contribution in [3.8, 4) is 5.75 Å². The van der Waals surface area contributed by atoms with Gasteiger partial charge in [-0.25, -0.2) is 0 Å². The van der Waals surface area contributed by atoms with E-state index in [2.05, 4.69) is 4.98 Å². The Morgan fingerprint density at radius 1 is 1.19 bits per heavy atom. The molecule has 1 heterocycles. The number of hydrogen-bond donors (Lipinski definition) is 2. The number of nitrogens with zero attached hydrogens (tertiary/aromatic N) is 2. The maximum absolute atomic E-state index is 12.5. The number of phenolic OH excluding ortho intramolecular Hbond substituents is 1. The van der Waals surface area contributed by atoms with Gasteiger partial charge in [0.05, 0.1) is 10.6 Å². The molecule has 0 atom stereocenters. The highest BCUT2D eigenvalue weighted by atomic mass is 35.5. The second-order valence-electron chi connectivity index (χ2n) is 4.16. The van der Waals surface area contributed by atoms with Gasteiger partial charge in [-0.05, 0) is 30.3 Å². The van der Waals surface area contributed by atoms with Crippen LogP contribution in [0.1, 0.15) is 10.4 Å². The van der Waals surface area contributed by atoms with Gasteiger partial charge in [0.1, 0.15) is 12.3 Å². The van der Waals surface area contributed by atoms with Gasteiger partial charge in [-0.15, -0.1) is 0 Å². The number of anilines is 1. The zero-order chi connectivity index (χ0) is 15.4. The van der Waals surface area contributed by atoms with Crippen LogP contribution in [-0.4, -0.2) is 33.6 Å². The van der Waals surface area contributed by atoms with Crippen LogP contribution in [0.15, 0.2) is 42.7 Å². The van der Waals surface area contributed by atoms with Crippen molar-refractivity contribution in [2.75, 3.05) is 11.4 Å². The number of benzene rings is 1. The van der Waals surface area contributed by atoms with Crippen LogP contribution in [0.25, 0.3) is 0 Å². The molecule has 0 saturated carbocycles. The summed E-state index contributed by atoms with van der Waals surface area (Å²) < 4.78 is 0. The molecule has 21 heavy (non-hydrogen) atoms. The van der Waals surface area contributed by atoms with Gasteiger partial charge in [-0.1, -0.05) is 11.6 Å². The number of hydrogen-bond acceptors (Lipinski definition) is 4. The van der Waals surface area contributed by atoms with Crippen molar-refractivity contribution in [2.45, 2.75) is 0 Å². The van der Waals surface area contributed by atoms with Crippen LogP contribution in [0.2, 0.25) is 5.02 Å². The summed E-state index contributed by atoms with van der Waals surface area (Å²) in [4.78, 5) is 28.3. The third kappa shape index (κ3) is 3.49. The lowest BCUT2D eigenvalue weighted by atomic mass is 10.2. The van der Waals surface area contributed by atoms with E-state index in [-0.39, 0.29) is 16.3 Å². The molecule has 2 N–H and O–H groups in total. The first-order valence-corrected chi connectivity index (χ1v) is 6.29. The first kappa shape index (κ1) is 14.8. The summed E-state index contributed by atoms with van der Waals surface area (Å²) in [5.41, 5.74) is 0.439. The number of aromatic hydroxyl groups is 1. The predicted molar refractivity (Wildman–Crippen MR) is 76.7 cm³/mol. The molecule has 1 amide bonds. The molecule has 0 spiro atoms. The lowest BCUT2D eigenvalue weighted by molar-refractivity contribution is -0.135. The highest BCUT2D eigenvalue weighted by Crippen LogP contribution is 2.23. The zero-order valence-electron chi connectivity index (χ0n) is 10.7. The lowest BCUT2D eigenvalue weighted by Crippen LogP contribution is -2.35. The smallest absolute Gasteiger partial charge is 0.323 e. The van der Waals surface area contributed by atoms with Crippen molar-refractivity contribution in [1.82, 2.24) is 4.98 Å². The molecule has 2 aromatic rings. The van der Waals surface area contributed by atoms with Crippen LogP contribution in [0.3, 0.4) is 0 Å². The Bertz CT molecular complexity index is 673. The minimum atomic E-state index is -1.17. The Hall–Kier alpha value is -2.60. The molecule has 0 bridgehead atoms. The number of amides is 1. The van der Waals surface area contributed by atoms with Gasteiger partial charge in [0.15, 0.2) is 0 Å². The van der Waals surface area contributed by atoms with Crippen molar-refractivity contribution in [2.24, 2.45) is 0 Å². The average molecular weight is 307 g/mol. The van der Waals surface area contributed by atoms with Gasteiger partial charge in [0, 0.05) is 18.1 Å². The molecule has 2 rings (SSSR count). The van der Waals surface area contributed by atoms with Gasteiger partial charge < -0.3 is 10.2 Å². The van der Waals surface area contributed by atoms with E-state index in [1.165, 1.54) is 42.7 Å². The van der Waals surface area contributed by atoms with Crippen LogP contribution in [-0.2, 0) is 4.79 Å². The molecule has 7 heteroatoms. The predicted octanol–water partition coefficient (Wildman–Crippen LogP) is 2.17. The van der Waals surface area contributed by atoms with Crippen molar-refractivity contribution in [1.29, 1.82) is 0 Å². The number of aliphatic carboxylic acids is 1. The molecule has 108 valence electrons. The van der Waals surface area contributed by atoms with Gasteiger partial charge in [0.25, 0.3) is 5.91 Å². The van der Waals surface area contributed by atoms with E-state index in [1.54, 1.807) is 0 Å². The van der Waals surface area contributed by atoms with Crippen LogP contribution in [0, 0.1) is 0 Å². The van der Waals surface area contributed by atoms with Crippen LogP contribution < -0.4 is 4.90 Å². The van der Waals surface area contributed by atoms with Crippen molar-refractivity contribution >= 4 is 29.2 Å². The monoisotopic (exact) mass is 306 g/mol. The van der Waals surface area contributed by atoms with E-state index < -0.39 is 18.4 Å².